The van der Waals surface area contributed by atoms with Crippen LogP contribution < -0.4 is 14.4 Å². The second kappa shape index (κ2) is 10.3. The van der Waals surface area contributed by atoms with E-state index in [2.05, 4.69) is 5.32 Å². The van der Waals surface area contributed by atoms with Crippen LogP contribution in [-0.2, 0) is 21.2 Å². The molecule has 0 radical (unpaired) electrons. The number of nitrogens with one attached hydrogen (secondary N) is 1. The molecule has 3 aromatic rings. The van der Waals surface area contributed by atoms with Gasteiger partial charge in [-0.05, 0) is 49.2 Å². The van der Waals surface area contributed by atoms with Gasteiger partial charge in [0.1, 0.15) is 12.3 Å². The third-order valence-electron chi connectivity index (χ3n) is 5.23. The Kier molecular flexibility index (Phi) is 7.53. The highest BCUT2D eigenvalue weighted by atomic mass is 32.2. The normalized spacial score (nSPS) is 12.1. The Hall–Kier alpha value is -3.32. The SMILES string of the molecule is CCc1ccc(N(CC(=O)N[C@H](C)c2ccccc2OC)S(=O)(=O)c2ccccc2)cc1. The average molecular weight is 453 g/mol. The maximum Gasteiger partial charge on any atom is 0.264 e. The number of benzene rings is 3. The number of methoxy groups -OCH3 is 1. The smallest absolute Gasteiger partial charge is 0.264 e. The topological polar surface area (TPSA) is 75.7 Å². The molecule has 7 heteroatoms. The van der Waals surface area contributed by atoms with Gasteiger partial charge in [0.05, 0.1) is 23.7 Å². The molecule has 3 aromatic carbocycles. The largest absolute Gasteiger partial charge is 0.496 e. The van der Waals surface area contributed by atoms with Gasteiger partial charge in [0.2, 0.25) is 5.91 Å². The fourth-order valence-electron chi connectivity index (χ4n) is 3.45. The Morgan fingerprint density at radius 3 is 2.22 bits per heavy atom. The van der Waals surface area contributed by atoms with Crippen molar-refractivity contribution in [1.82, 2.24) is 5.32 Å². The number of aryl methyl sites for hydroxylation is 1. The Morgan fingerprint density at radius 1 is 0.969 bits per heavy atom. The standard InChI is InChI=1S/C25H28N2O4S/c1-4-20-14-16-21(17-15-20)27(32(29,30)22-10-6-5-7-11-22)18-25(28)26-19(2)23-12-8-9-13-24(23)31-3/h5-17,19H,4,18H2,1-3H3,(H,26,28)/t19-/m1/s1. The van der Waals surface area contributed by atoms with Gasteiger partial charge in [-0.3, -0.25) is 9.10 Å². The molecule has 32 heavy (non-hydrogen) atoms. The van der Waals surface area contributed by atoms with Crippen LogP contribution in [0.5, 0.6) is 5.75 Å². The molecule has 0 spiro atoms. The molecule has 0 saturated carbocycles. The maximum atomic E-state index is 13.4. The molecule has 1 N–H and O–H groups in total. The molecule has 1 amide bonds. The number of anilines is 1. The van der Waals surface area contributed by atoms with E-state index in [0.29, 0.717) is 11.4 Å². The minimum absolute atomic E-state index is 0.130. The zero-order valence-corrected chi connectivity index (χ0v) is 19.3. The zero-order valence-electron chi connectivity index (χ0n) is 18.5. The molecular weight excluding hydrogens is 424 g/mol. The number of para-hydroxylation sites is 1. The van der Waals surface area contributed by atoms with Crippen molar-refractivity contribution in [1.29, 1.82) is 0 Å². The van der Waals surface area contributed by atoms with Crippen molar-refractivity contribution >= 4 is 21.6 Å². The van der Waals surface area contributed by atoms with Gasteiger partial charge in [-0.2, -0.15) is 0 Å². The first-order valence-corrected chi connectivity index (χ1v) is 11.9. The van der Waals surface area contributed by atoms with Crippen molar-refractivity contribution in [3.63, 3.8) is 0 Å². The quantitative estimate of drug-likeness (QED) is 0.524. The molecule has 0 aliphatic carbocycles. The zero-order chi connectivity index (χ0) is 23.1. The van der Waals surface area contributed by atoms with E-state index < -0.39 is 15.9 Å². The van der Waals surface area contributed by atoms with Crippen molar-refractivity contribution in [2.45, 2.75) is 31.2 Å². The average Bonchev–Trinajstić information content (AvgIpc) is 2.83. The van der Waals surface area contributed by atoms with Gasteiger partial charge < -0.3 is 10.1 Å². The van der Waals surface area contributed by atoms with Gasteiger partial charge in [0.25, 0.3) is 10.0 Å². The summed E-state index contributed by atoms with van der Waals surface area (Å²) in [6.45, 7) is 3.52. The fourth-order valence-corrected chi connectivity index (χ4v) is 4.89. The fraction of sp³-hybridized carbons (Fsp3) is 0.240. The number of hydrogen-bond acceptors (Lipinski definition) is 4. The van der Waals surface area contributed by atoms with Crippen LogP contribution in [0, 0.1) is 0 Å². The van der Waals surface area contributed by atoms with Crippen molar-refractivity contribution in [2.75, 3.05) is 18.0 Å². The lowest BCUT2D eigenvalue weighted by atomic mass is 10.1. The van der Waals surface area contributed by atoms with Crippen molar-refractivity contribution in [2.24, 2.45) is 0 Å². The van der Waals surface area contributed by atoms with Gasteiger partial charge in [-0.25, -0.2) is 8.42 Å². The molecule has 0 unspecified atom stereocenters. The first kappa shape index (κ1) is 23.3. The minimum Gasteiger partial charge on any atom is -0.496 e. The van der Waals surface area contributed by atoms with Crippen LogP contribution in [0.15, 0.2) is 83.8 Å². The summed E-state index contributed by atoms with van der Waals surface area (Å²) in [4.78, 5) is 13.1. The molecule has 3 rings (SSSR count). The molecule has 0 bridgehead atoms. The number of rotatable bonds is 9. The Morgan fingerprint density at radius 2 is 1.59 bits per heavy atom. The summed E-state index contributed by atoms with van der Waals surface area (Å²) < 4.78 is 33.3. The molecular formula is C25H28N2O4S. The number of ether oxygens (including phenoxy) is 1. The van der Waals surface area contributed by atoms with Crippen molar-refractivity contribution in [3.05, 3.63) is 90.0 Å². The maximum absolute atomic E-state index is 13.4. The molecule has 6 nitrogen and oxygen atoms in total. The number of sulfonamides is 1. The monoisotopic (exact) mass is 452 g/mol. The van der Waals surface area contributed by atoms with Crippen molar-refractivity contribution < 1.29 is 17.9 Å². The first-order valence-electron chi connectivity index (χ1n) is 10.5. The van der Waals surface area contributed by atoms with E-state index in [1.807, 2.05) is 50.2 Å². The molecule has 0 aliphatic heterocycles. The van der Waals surface area contributed by atoms with E-state index in [4.69, 9.17) is 4.74 Å². The van der Waals surface area contributed by atoms with Crippen LogP contribution in [0.2, 0.25) is 0 Å². The second-order valence-corrected chi connectivity index (χ2v) is 9.24. The Balaban J connectivity index is 1.89. The highest BCUT2D eigenvalue weighted by molar-refractivity contribution is 7.92. The molecule has 0 heterocycles. The third-order valence-corrected chi connectivity index (χ3v) is 7.02. The van der Waals surface area contributed by atoms with E-state index in [0.717, 1.165) is 21.9 Å². The van der Waals surface area contributed by atoms with Crippen LogP contribution in [0.25, 0.3) is 0 Å². The molecule has 1 atom stereocenters. The van der Waals surface area contributed by atoms with E-state index in [-0.39, 0.29) is 17.5 Å². The van der Waals surface area contributed by atoms with Crippen LogP contribution in [0.3, 0.4) is 0 Å². The summed E-state index contributed by atoms with van der Waals surface area (Å²) >= 11 is 0. The highest BCUT2D eigenvalue weighted by Crippen LogP contribution is 2.26. The molecule has 0 saturated heterocycles. The van der Waals surface area contributed by atoms with Gasteiger partial charge in [0.15, 0.2) is 0 Å². The van der Waals surface area contributed by atoms with Crippen LogP contribution in [0.1, 0.15) is 31.0 Å². The first-order chi connectivity index (χ1) is 15.4. The lowest BCUT2D eigenvalue weighted by Gasteiger charge is -2.25. The predicted octanol–water partition coefficient (Wildman–Crippen LogP) is 4.33. The summed E-state index contributed by atoms with van der Waals surface area (Å²) in [7, 11) is -2.36. The second-order valence-electron chi connectivity index (χ2n) is 7.38. The number of carbonyl (C=O) groups is 1. The lowest BCUT2D eigenvalue weighted by Crippen LogP contribution is -2.41. The van der Waals surface area contributed by atoms with Gasteiger partial charge in [-0.1, -0.05) is 55.5 Å². The van der Waals surface area contributed by atoms with E-state index in [1.165, 1.54) is 12.1 Å². The number of hydrogen-bond donors (Lipinski definition) is 1. The summed E-state index contributed by atoms with van der Waals surface area (Å²) in [5.41, 5.74) is 2.33. The summed E-state index contributed by atoms with van der Waals surface area (Å²) in [5, 5.41) is 2.89. The van der Waals surface area contributed by atoms with E-state index in [1.54, 1.807) is 37.4 Å². The molecule has 0 aromatic heterocycles. The molecule has 0 fully saturated rings. The van der Waals surface area contributed by atoms with Crippen molar-refractivity contribution in [3.8, 4) is 5.75 Å². The molecule has 168 valence electrons. The third kappa shape index (κ3) is 5.29. The van der Waals surface area contributed by atoms with Gasteiger partial charge in [0, 0.05) is 5.56 Å². The number of nitrogens with zero attached hydrogens (tertiary/aromatic N) is 1. The summed E-state index contributed by atoms with van der Waals surface area (Å²) in [5.74, 6) is 0.242. The predicted molar refractivity (Wildman–Crippen MR) is 126 cm³/mol. The Bertz CT molecular complexity index is 1150. The van der Waals surface area contributed by atoms with E-state index >= 15 is 0 Å². The number of carbonyl (C=O) groups excluding carboxylic acids is 1. The summed E-state index contributed by atoms with van der Waals surface area (Å²) in [6, 6.07) is 22.4. The Labute approximate surface area is 189 Å². The van der Waals surface area contributed by atoms with Crippen LogP contribution in [-0.4, -0.2) is 28.0 Å². The minimum atomic E-state index is -3.93. The van der Waals surface area contributed by atoms with Gasteiger partial charge in [-0.15, -0.1) is 0 Å². The van der Waals surface area contributed by atoms with Crippen LogP contribution >= 0.6 is 0 Å². The summed E-state index contributed by atoms with van der Waals surface area (Å²) in [6.07, 6.45) is 0.836. The highest BCUT2D eigenvalue weighted by Gasteiger charge is 2.27. The lowest BCUT2D eigenvalue weighted by molar-refractivity contribution is -0.120. The van der Waals surface area contributed by atoms with Crippen LogP contribution in [0.4, 0.5) is 5.69 Å². The van der Waals surface area contributed by atoms with E-state index in [9.17, 15) is 13.2 Å². The molecule has 0 aliphatic rings. The number of amides is 1. The van der Waals surface area contributed by atoms with Gasteiger partial charge >= 0.3 is 0 Å².